The summed E-state index contributed by atoms with van der Waals surface area (Å²) in [7, 11) is -3.52. The van der Waals surface area contributed by atoms with Gasteiger partial charge in [0.1, 0.15) is 0 Å². The average molecular weight is 387 g/mol. The van der Waals surface area contributed by atoms with Gasteiger partial charge in [-0.3, -0.25) is 4.79 Å². The van der Waals surface area contributed by atoms with Crippen LogP contribution in [0.4, 0.5) is 5.69 Å². The zero-order valence-electron chi connectivity index (χ0n) is 16.1. The molecule has 5 nitrogen and oxygen atoms in total. The van der Waals surface area contributed by atoms with Gasteiger partial charge >= 0.3 is 0 Å². The van der Waals surface area contributed by atoms with Crippen LogP contribution in [0.15, 0.2) is 53.4 Å². The number of nitrogens with zero attached hydrogens (tertiary/aromatic N) is 2. The Morgan fingerprint density at radius 3 is 2.33 bits per heavy atom. The Balaban J connectivity index is 1.91. The first-order chi connectivity index (χ1) is 12.9. The van der Waals surface area contributed by atoms with Crippen LogP contribution in [0, 0.1) is 0 Å². The molecule has 0 N–H and O–H groups in total. The summed E-state index contributed by atoms with van der Waals surface area (Å²) in [6.07, 6.45) is 1.87. The lowest BCUT2D eigenvalue weighted by Crippen LogP contribution is -2.42. The van der Waals surface area contributed by atoms with Gasteiger partial charge in [0, 0.05) is 30.4 Å². The van der Waals surface area contributed by atoms with E-state index in [-0.39, 0.29) is 16.8 Å². The molecule has 1 aliphatic rings. The molecule has 3 rings (SSSR count). The van der Waals surface area contributed by atoms with Crippen molar-refractivity contribution in [3.8, 4) is 0 Å². The Kier molecular flexibility index (Phi) is 5.67. The smallest absolute Gasteiger partial charge is 0.258 e. The summed E-state index contributed by atoms with van der Waals surface area (Å²) in [6.45, 7) is 6.51. The van der Waals surface area contributed by atoms with Crippen molar-refractivity contribution >= 4 is 21.6 Å². The lowest BCUT2D eigenvalue weighted by Gasteiger charge is -2.35. The molecule has 2 aromatic rings. The highest BCUT2D eigenvalue weighted by molar-refractivity contribution is 7.89. The van der Waals surface area contributed by atoms with Gasteiger partial charge in [0.15, 0.2) is 0 Å². The number of benzene rings is 2. The van der Waals surface area contributed by atoms with Gasteiger partial charge in [-0.1, -0.05) is 32.0 Å². The number of rotatable bonds is 5. The topological polar surface area (TPSA) is 57.7 Å². The van der Waals surface area contributed by atoms with Crippen LogP contribution < -0.4 is 4.90 Å². The van der Waals surface area contributed by atoms with Crippen molar-refractivity contribution in [1.29, 1.82) is 0 Å². The lowest BCUT2D eigenvalue weighted by molar-refractivity contribution is 0.0975. The molecule has 2 aromatic carbocycles. The Hall–Kier alpha value is -2.18. The van der Waals surface area contributed by atoms with E-state index in [0.717, 1.165) is 18.5 Å². The first kappa shape index (κ1) is 19.6. The SMILES string of the molecule is CCN(CC)S(=O)(=O)c1ccc(C(=O)N2c3ccccc3CCC2C)cc1. The lowest BCUT2D eigenvalue weighted by atomic mass is 9.96. The predicted octanol–water partition coefficient (Wildman–Crippen LogP) is 3.70. The van der Waals surface area contributed by atoms with Crippen molar-refractivity contribution in [3.05, 3.63) is 59.7 Å². The molecule has 27 heavy (non-hydrogen) atoms. The van der Waals surface area contributed by atoms with Crippen LogP contribution in [0.5, 0.6) is 0 Å². The van der Waals surface area contributed by atoms with Crippen LogP contribution in [-0.2, 0) is 16.4 Å². The van der Waals surface area contributed by atoms with Crippen LogP contribution in [-0.4, -0.2) is 37.8 Å². The van der Waals surface area contributed by atoms with Crippen molar-refractivity contribution < 1.29 is 13.2 Å². The summed E-state index contributed by atoms with van der Waals surface area (Å²) in [4.78, 5) is 15.2. The molecule has 0 spiro atoms. The summed E-state index contributed by atoms with van der Waals surface area (Å²) in [5, 5.41) is 0. The molecular formula is C21H26N2O3S. The summed E-state index contributed by atoms with van der Waals surface area (Å²) in [5.74, 6) is -0.0959. The second kappa shape index (κ2) is 7.82. The Bertz CT molecular complexity index is 919. The molecule has 0 radical (unpaired) electrons. The molecule has 0 saturated carbocycles. The standard InChI is InChI=1S/C21H26N2O3S/c1-4-22(5-2)27(25,26)19-14-12-18(13-15-19)21(24)23-16(3)10-11-17-8-6-7-9-20(17)23/h6-9,12-16H,4-5,10-11H2,1-3H3. The number of fused-ring (bicyclic) bond motifs is 1. The first-order valence-electron chi connectivity index (χ1n) is 9.41. The van der Waals surface area contributed by atoms with E-state index in [0.29, 0.717) is 18.7 Å². The summed E-state index contributed by atoms with van der Waals surface area (Å²) < 4.78 is 26.7. The van der Waals surface area contributed by atoms with Crippen LogP contribution in [0.25, 0.3) is 0 Å². The molecule has 0 bridgehead atoms. The number of hydrogen-bond acceptors (Lipinski definition) is 3. The van der Waals surface area contributed by atoms with E-state index in [1.807, 2.05) is 43.9 Å². The maximum atomic E-state index is 13.1. The third-order valence-corrected chi connectivity index (χ3v) is 7.25. The molecular weight excluding hydrogens is 360 g/mol. The predicted molar refractivity (Wildman–Crippen MR) is 108 cm³/mol. The maximum Gasteiger partial charge on any atom is 0.258 e. The number of anilines is 1. The van der Waals surface area contributed by atoms with Gasteiger partial charge in [-0.15, -0.1) is 0 Å². The third kappa shape index (κ3) is 3.64. The molecule has 6 heteroatoms. The van der Waals surface area contributed by atoms with Crippen LogP contribution in [0.2, 0.25) is 0 Å². The van der Waals surface area contributed by atoms with Crippen molar-refractivity contribution in [2.75, 3.05) is 18.0 Å². The number of hydrogen-bond donors (Lipinski definition) is 0. The third-order valence-electron chi connectivity index (χ3n) is 5.19. The van der Waals surface area contributed by atoms with Crippen molar-refractivity contribution in [1.82, 2.24) is 4.31 Å². The fourth-order valence-corrected chi connectivity index (χ4v) is 5.08. The van der Waals surface area contributed by atoms with Crippen LogP contribution >= 0.6 is 0 Å². The minimum Gasteiger partial charge on any atom is -0.305 e. The molecule has 0 saturated heterocycles. The summed E-state index contributed by atoms with van der Waals surface area (Å²) in [5.41, 5.74) is 2.61. The van der Waals surface area contributed by atoms with Crippen molar-refractivity contribution in [2.24, 2.45) is 0 Å². The van der Waals surface area contributed by atoms with E-state index >= 15 is 0 Å². The highest BCUT2D eigenvalue weighted by Crippen LogP contribution is 2.32. The monoisotopic (exact) mass is 386 g/mol. The van der Waals surface area contributed by atoms with Crippen molar-refractivity contribution in [2.45, 2.75) is 44.6 Å². The molecule has 144 valence electrons. The number of carbonyl (C=O) groups excluding carboxylic acids is 1. The Morgan fingerprint density at radius 1 is 1.07 bits per heavy atom. The van der Waals surface area contributed by atoms with E-state index in [4.69, 9.17) is 0 Å². The second-order valence-corrected chi connectivity index (χ2v) is 8.74. The average Bonchev–Trinajstić information content (AvgIpc) is 2.68. The van der Waals surface area contributed by atoms with Crippen molar-refractivity contribution in [3.63, 3.8) is 0 Å². The molecule has 1 aliphatic heterocycles. The number of amides is 1. The minimum absolute atomic E-state index is 0.0959. The second-order valence-electron chi connectivity index (χ2n) is 6.81. The quantitative estimate of drug-likeness (QED) is 0.787. The zero-order chi connectivity index (χ0) is 19.6. The highest BCUT2D eigenvalue weighted by Gasteiger charge is 2.29. The molecule has 0 aliphatic carbocycles. The number of carbonyl (C=O) groups is 1. The summed E-state index contributed by atoms with van der Waals surface area (Å²) in [6, 6.07) is 14.4. The van der Waals surface area contributed by atoms with Gasteiger partial charge in [-0.2, -0.15) is 4.31 Å². The Labute approximate surface area is 161 Å². The normalized spacial score (nSPS) is 17.0. The molecule has 1 unspecified atom stereocenters. The van der Waals surface area contributed by atoms with Gasteiger partial charge in [-0.25, -0.2) is 8.42 Å². The van der Waals surface area contributed by atoms with E-state index in [1.54, 1.807) is 12.1 Å². The fourth-order valence-electron chi connectivity index (χ4n) is 3.62. The molecule has 1 heterocycles. The molecule has 0 fully saturated rings. The van der Waals surface area contributed by atoms with Gasteiger partial charge in [0.25, 0.3) is 5.91 Å². The van der Waals surface area contributed by atoms with Crippen LogP contribution in [0.1, 0.15) is 43.1 Å². The molecule has 1 atom stereocenters. The van der Waals surface area contributed by atoms with Gasteiger partial charge in [0.05, 0.1) is 4.90 Å². The van der Waals surface area contributed by atoms with Gasteiger partial charge in [-0.05, 0) is 55.7 Å². The highest BCUT2D eigenvalue weighted by atomic mass is 32.2. The Morgan fingerprint density at radius 2 is 1.70 bits per heavy atom. The van der Waals surface area contributed by atoms with Crippen LogP contribution in [0.3, 0.4) is 0 Å². The largest absolute Gasteiger partial charge is 0.305 e. The fraction of sp³-hybridized carbons (Fsp3) is 0.381. The zero-order valence-corrected chi connectivity index (χ0v) is 16.9. The minimum atomic E-state index is -3.52. The van der Waals surface area contributed by atoms with E-state index in [1.165, 1.54) is 22.0 Å². The molecule has 1 amide bonds. The van der Waals surface area contributed by atoms with E-state index < -0.39 is 10.0 Å². The van der Waals surface area contributed by atoms with Gasteiger partial charge < -0.3 is 4.90 Å². The maximum absolute atomic E-state index is 13.1. The number of sulfonamides is 1. The van der Waals surface area contributed by atoms with Gasteiger partial charge in [0.2, 0.25) is 10.0 Å². The van der Waals surface area contributed by atoms with E-state index in [9.17, 15) is 13.2 Å². The van der Waals surface area contributed by atoms with E-state index in [2.05, 4.69) is 6.07 Å². The molecule has 0 aromatic heterocycles. The number of para-hydroxylation sites is 1. The summed E-state index contributed by atoms with van der Waals surface area (Å²) >= 11 is 0. The number of aryl methyl sites for hydroxylation is 1. The first-order valence-corrected chi connectivity index (χ1v) is 10.9.